The predicted octanol–water partition coefficient (Wildman–Crippen LogP) is 0.898. The number of carbonyl (C=O) groups excluding carboxylic acids is 1. The summed E-state index contributed by atoms with van der Waals surface area (Å²) in [5.41, 5.74) is 0.256. The molecule has 2 heterocycles. The second kappa shape index (κ2) is 5.96. The van der Waals surface area contributed by atoms with Crippen molar-refractivity contribution in [2.24, 2.45) is 0 Å². The van der Waals surface area contributed by atoms with E-state index >= 15 is 0 Å². The molecular formula is C19H24ClNO5. The molecular weight excluding hydrogens is 358 g/mol. The van der Waals surface area contributed by atoms with Gasteiger partial charge < -0.3 is 20.4 Å². The van der Waals surface area contributed by atoms with E-state index in [1.165, 1.54) is 0 Å². The van der Waals surface area contributed by atoms with Crippen molar-refractivity contribution >= 4 is 18.2 Å². The number of aromatic hydroxyl groups is 1. The number of hydrogen-bond acceptors (Lipinski definition) is 5. The lowest BCUT2D eigenvalue weighted by Gasteiger charge is -2.62. The smallest absolute Gasteiger partial charge is 0.174 e. The molecule has 4 aliphatic rings. The second-order valence-electron chi connectivity index (χ2n) is 7.56. The number of piperidine rings is 1. The van der Waals surface area contributed by atoms with Gasteiger partial charge in [-0.25, -0.2) is 0 Å². The van der Waals surface area contributed by atoms with Gasteiger partial charge in [-0.2, -0.15) is 0 Å². The third-order valence-electron chi connectivity index (χ3n) is 6.73. The first kappa shape index (κ1) is 19.2. The van der Waals surface area contributed by atoms with E-state index in [9.17, 15) is 15.0 Å². The predicted molar refractivity (Wildman–Crippen MR) is 98.1 cm³/mol. The molecule has 2 aliphatic carbocycles. The number of ether oxygens (including phenoxy) is 1. The molecule has 26 heavy (non-hydrogen) atoms. The molecule has 2 fully saturated rings. The van der Waals surface area contributed by atoms with Crippen LogP contribution in [0.4, 0.5) is 0 Å². The number of benzene rings is 1. The Balaban J connectivity index is 0.000000980. The van der Waals surface area contributed by atoms with Crippen molar-refractivity contribution < 1.29 is 25.2 Å². The summed E-state index contributed by atoms with van der Waals surface area (Å²) in [6.07, 6.45) is 3.35. The second-order valence-corrected chi connectivity index (χ2v) is 7.56. The molecule has 5 rings (SSSR count). The highest BCUT2D eigenvalue weighted by Crippen LogP contribution is 2.64. The van der Waals surface area contributed by atoms with Crippen LogP contribution in [0.5, 0.6) is 11.5 Å². The molecule has 1 saturated carbocycles. The van der Waals surface area contributed by atoms with Crippen LogP contribution < -0.4 is 4.74 Å². The monoisotopic (exact) mass is 381 g/mol. The summed E-state index contributed by atoms with van der Waals surface area (Å²) in [6, 6.07) is 3.52. The van der Waals surface area contributed by atoms with Crippen LogP contribution in [0.15, 0.2) is 24.8 Å². The van der Waals surface area contributed by atoms with Gasteiger partial charge in [0.2, 0.25) is 0 Å². The number of carbonyl (C=O) groups is 1. The summed E-state index contributed by atoms with van der Waals surface area (Å²) in [7, 11) is 0. The van der Waals surface area contributed by atoms with Gasteiger partial charge >= 0.3 is 0 Å². The van der Waals surface area contributed by atoms with Crippen molar-refractivity contribution in [3.8, 4) is 11.5 Å². The number of phenols is 1. The number of phenolic OH excluding ortho intramolecular Hbond substituents is 1. The number of rotatable bonds is 2. The standard InChI is InChI=1S/C19H21NO4.ClH.H2O/c1-2-8-20-9-7-18-15-11-3-4-12(21)16(15)24-17(18)13(22)5-6-19(18,23)14(20)10-11;;/h2-4,14,17,21,23H,1,5-10H2;1H;1H2/t14?,17?,18?,19-;;/m1../s1. The lowest BCUT2D eigenvalue weighted by atomic mass is 9.49. The summed E-state index contributed by atoms with van der Waals surface area (Å²) in [4.78, 5) is 14.9. The number of nitrogens with zero attached hydrogens (tertiary/aromatic N) is 1. The number of Topliss-reactive ketones (excluding diaryl/α,β-unsaturated/α-hetero) is 1. The molecule has 0 aromatic heterocycles. The van der Waals surface area contributed by atoms with Crippen LogP contribution in [0.1, 0.15) is 30.4 Å². The Bertz CT molecular complexity index is 783. The normalized spacial score (nSPS) is 36.3. The van der Waals surface area contributed by atoms with Crippen LogP contribution in [0, 0.1) is 0 Å². The molecule has 0 amide bonds. The molecule has 4 N–H and O–H groups in total. The van der Waals surface area contributed by atoms with Crippen LogP contribution in [0.2, 0.25) is 0 Å². The zero-order valence-corrected chi connectivity index (χ0v) is 15.2. The maximum atomic E-state index is 12.6. The van der Waals surface area contributed by atoms with E-state index in [1.807, 2.05) is 12.1 Å². The van der Waals surface area contributed by atoms with Gasteiger partial charge in [0.15, 0.2) is 23.4 Å². The molecule has 2 aliphatic heterocycles. The van der Waals surface area contributed by atoms with Crippen LogP contribution in [-0.4, -0.2) is 57.2 Å². The lowest BCUT2D eigenvalue weighted by Crippen LogP contribution is -2.76. The molecule has 7 heteroatoms. The van der Waals surface area contributed by atoms with Crippen LogP contribution in [-0.2, 0) is 16.6 Å². The fourth-order valence-corrected chi connectivity index (χ4v) is 5.80. The zero-order valence-electron chi connectivity index (χ0n) is 14.4. The summed E-state index contributed by atoms with van der Waals surface area (Å²) in [5.74, 6) is 0.528. The van der Waals surface area contributed by atoms with Crippen molar-refractivity contribution in [2.75, 3.05) is 13.1 Å². The first-order chi connectivity index (χ1) is 11.5. The highest BCUT2D eigenvalue weighted by atomic mass is 35.5. The van der Waals surface area contributed by atoms with Gasteiger partial charge in [-0.3, -0.25) is 9.69 Å². The van der Waals surface area contributed by atoms with Crippen LogP contribution in [0.25, 0.3) is 0 Å². The van der Waals surface area contributed by atoms with E-state index in [0.717, 1.165) is 24.2 Å². The topological polar surface area (TPSA) is 102 Å². The molecule has 1 saturated heterocycles. The maximum absolute atomic E-state index is 12.6. The van der Waals surface area contributed by atoms with E-state index in [-0.39, 0.29) is 35.5 Å². The fraction of sp³-hybridized carbons (Fsp3) is 0.526. The van der Waals surface area contributed by atoms with E-state index in [4.69, 9.17) is 4.74 Å². The van der Waals surface area contributed by atoms with Gasteiger partial charge in [-0.1, -0.05) is 12.1 Å². The van der Waals surface area contributed by atoms with Crippen molar-refractivity contribution in [1.29, 1.82) is 0 Å². The zero-order chi connectivity index (χ0) is 16.7. The number of halogens is 1. The number of hydrogen-bond donors (Lipinski definition) is 2. The summed E-state index contributed by atoms with van der Waals surface area (Å²) in [5, 5.41) is 22.1. The largest absolute Gasteiger partial charge is 0.504 e. The third-order valence-corrected chi connectivity index (χ3v) is 6.73. The SMILES string of the molecule is C=CCN1CCC23c4c5ccc(O)c4OC2C(=O)CC[C@@]3(O)C1C5.Cl.O. The van der Waals surface area contributed by atoms with E-state index in [2.05, 4.69) is 11.5 Å². The average molecular weight is 382 g/mol. The van der Waals surface area contributed by atoms with Gasteiger partial charge in [-0.15, -0.1) is 19.0 Å². The Morgan fingerprint density at radius 3 is 2.88 bits per heavy atom. The highest BCUT2D eigenvalue weighted by molar-refractivity contribution is 5.90. The van der Waals surface area contributed by atoms with Crippen molar-refractivity contribution in [3.05, 3.63) is 35.9 Å². The Morgan fingerprint density at radius 2 is 2.15 bits per heavy atom. The van der Waals surface area contributed by atoms with Gasteiger partial charge in [-0.05, 0) is 30.9 Å². The van der Waals surface area contributed by atoms with Gasteiger partial charge in [0.05, 0.1) is 11.0 Å². The first-order valence-electron chi connectivity index (χ1n) is 8.65. The lowest BCUT2D eigenvalue weighted by molar-refractivity contribution is -0.187. The Kier molecular flexibility index (Phi) is 4.39. The molecule has 1 spiro atoms. The average Bonchev–Trinajstić information content (AvgIpc) is 2.91. The van der Waals surface area contributed by atoms with Crippen molar-refractivity contribution in [3.63, 3.8) is 0 Å². The molecule has 142 valence electrons. The van der Waals surface area contributed by atoms with E-state index < -0.39 is 17.1 Å². The minimum Gasteiger partial charge on any atom is -0.504 e. The maximum Gasteiger partial charge on any atom is 0.174 e. The molecule has 4 atom stereocenters. The van der Waals surface area contributed by atoms with Crippen LogP contribution in [0.3, 0.4) is 0 Å². The Morgan fingerprint density at radius 1 is 1.38 bits per heavy atom. The highest BCUT2D eigenvalue weighted by Gasteiger charge is 2.72. The number of likely N-dealkylation sites (tertiary alicyclic amines) is 1. The fourth-order valence-electron chi connectivity index (χ4n) is 5.80. The van der Waals surface area contributed by atoms with Crippen LogP contribution >= 0.6 is 12.4 Å². The molecule has 6 nitrogen and oxygen atoms in total. The minimum atomic E-state index is -1.00. The Hall–Kier alpha value is -1.60. The minimum absolute atomic E-state index is 0. The quantitative estimate of drug-likeness (QED) is 0.741. The number of aliphatic hydroxyl groups is 1. The number of ketones is 1. The summed E-state index contributed by atoms with van der Waals surface area (Å²) >= 11 is 0. The van der Waals surface area contributed by atoms with E-state index in [0.29, 0.717) is 31.4 Å². The Labute approximate surface area is 158 Å². The van der Waals surface area contributed by atoms with Crippen molar-refractivity contribution in [1.82, 2.24) is 4.90 Å². The van der Waals surface area contributed by atoms with Gasteiger partial charge in [0, 0.05) is 31.1 Å². The summed E-state index contributed by atoms with van der Waals surface area (Å²) < 4.78 is 5.98. The van der Waals surface area contributed by atoms with E-state index in [1.54, 1.807) is 6.07 Å². The van der Waals surface area contributed by atoms with Crippen molar-refractivity contribution in [2.45, 2.75) is 48.8 Å². The molecule has 1 aromatic rings. The molecule has 0 radical (unpaired) electrons. The van der Waals surface area contributed by atoms with Gasteiger partial charge in [0.1, 0.15) is 0 Å². The summed E-state index contributed by atoms with van der Waals surface area (Å²) in [6.45, 7) is 5.36. The molecule has 3 unspecified atom stereocenters. The molecule has 1 aromatic carbocycles. The van der Waals surface area contributed by atoms with Gasteiger partial charge in [0.25, 0.3) is 0 Å². The third kappa shape index (κ3) is 1.90. The first-order valence-corrected chi connectivity index (χ1v) is 8.65. The molecule has 2 bridgehead atoms.